The summed E-state index contributed by atoms with van der Waals surface area (Å²) in [4.78, 5) is 16.0. The third-order valence-electron chi connectivity index (χ3n) is 3.26. The molecule has 0 aromatic rings. The number of nitrogens with zero attached hydrogens (tertiary/aromatic N) is 2. The van der Waals surface area contributed by atoms with Gasteiger partial charge in [-0.05, 0) is 32.2 Å². The van der Waals surface area contributed by atoms with Crippen LogP contribution in [0.3, 0.4) is 0 Å². The molecule has 1 fully saturated rings. The minimum Gasteiger partial charge on any atom is -0.328 e. The molecule has 1 unspecified atom stereocenters. The van der Waals surface area contributed by atoms with E-state index in [0.717, 1.165) is 26.2 Å². The van der Waals surface area contributed by atoms with Crippen LogP contribution in [0, 0.1) is 5.92 Å². The average molecular weight is 241 g/mol. The number of amides is 2. The molecule has 0 aromatic carbocycles. The second-order valence-corrected chi connectivity index (χ2v) is 5.39. The molecule has 0 spiro atoms. The zero-order chi connectivity index (χ0) is 12.8. The molecule has 1 heterocycles. The van der Waals surface area contributed by atoms with Crippen molar-refractivity contribution in [2.24, 2.45) is 5.92 Å². The quantitative estimate of drug-likeness (QED) is 0.796. The summed E-state index contributed by atoms with van der Waals surface area (Å²) in [7, 11) is 1.87. The Balaban J connectivity index is 2.55. The van der Waals surface area contributed by atoms with Gasteiger partial charge in [0.1, 0.15) is 0 Å². The van der Waals surface area contributed by atoms with E-state index in [1.165, 1.54) is 12.8 Å². The van der Waals surface area contributed by atoms with Gasteiger partial charge in [-0.1, -0.05) is 13.8 Å². The summed E-state index contributed by atoms with van der Waals surface area (Å²) in [6.07, 6.45) is 2.43. The lowest BCUT2D eigenvalue weighted by Gasteiger charge is -2.31. The maximum absolute atomic E-state index is 12.2. The van der Waals surface area contributed by atoms with Gasteiger partial charge in [-0.2, -0.15) is 0 Å². The fraction of sp³-hybridized carbons (Fsp3) is 0.923. The standard InChI is InChI=1S/C13H27N3O/c1-5-15(4)13(17)16(9-11(2)3)10-12-7-6-8-14-12/h11-12,14H,5-10H2,1-4H3. The number of hydrogen-bond donors (Lipinski definition) is 1. The van der Waals surface area contributed by atoms with Gasteiger partial charge < -0.3 is 15.1 Å². The molecule has 4 heteroatoms. The summed E-state index contributed by atoms with van der Waals surface area (Å²) in [6, 6.07) is 0.651. The summed E-state index contributed by atoms with van der Waals surface area (Å²) in [5.74, 6) is 0.519. The van der Waals surface area contributed by atoms with Gasteiger partial charge in [0, 0.05) is 32.7 Å². The van der Waals surface area contributed by atoms with Crippen LogP contribution in [0.2, 0.25) is 0 Å². The van der Waals surface area contributed by atoms with Gasteiger partial charge in [0.15, 0.2) is 0 Å². The van der Waals surface area contributed by atoms with E-state index in [-0.39, 0.29) is 6.03 Å². The van der Waals surface area contributed by atoms with Gasteiger partial charge in [-0.3, -0.25) is 0 Å². The molecule has 1 atom stereocenters. The predicted molar refractivity (Wildman–Crippen MR) is 71.1 cm³/mol. The summed E-state index contributed by atoms with van der Waals surface area (Å²) in [5, 5.41) is 3.46. The zero-order valence-corrected chi connectivity index (χ0v) is 11.7. The Hall–Kier alpha value is -0.770. The Morgan fingerprint density at radius 3 is 2.65 bits per heavy atom. The summed E-state index contributed by atoms with van der Waals surface area (Å²) in [6.45, 7) is 9.90. The topological polar surface area (TPSA) is 35.6 Å². The summed E-state index contributed by atoms with van der Waals surface area (Å²) in [5.41, 5.74) is 0. The maximum atomic E-state index is 12.2. The SMILES string of the molecule is CCN(C)C(=O)N(CC(C)C)CC1CCCN1. The predicted octanol–water partition coefficient (Wildman–Crippen LogP) is 1.77. The lowest BCUT2D eigenvalue weighted by molar-refractivity contribution is 0.153. The Bertz CT molecular complexity index is 237. The van der Waals surface area contributed by atoms with Crippen molar-refractivity contribution in [3.8, 4) is 0 Å². The van der Waals surface area contributed by atoms with E-state index < -0.39 is 0 Å². The van der Waals surface area contributed by atoms with Crippen LogP contribution >= 0.6 is 0 Å². The third kappa shape index (κ3) is 4.54. The average Bonchev–Trinajstić information content (AvgIpc) is 2.78. The van der Waals surface area contributed by atoms with Crippen LogP contribution in [-0.2, 0) is 0 Å². The Kier molecular flexibility index (Phi) is 5.75. The minimum absolute atomic E-state index is 0.162. The molecule has 1 aliphatic rings. The van der Waals surface area contributed by atoms with E-state index in [1.807, 2.05) is 18.9 Å². The summed E-state index contributed by atoms with van der Waals surface area (Å²) >= 11 is 0. The van der Waals surface area contributed by atoms with E-state index in [0.29, 0.717) is 12.0 Å². The molecule has 100 valence electrons. The van der Waals surface area contributed by atoms with E-state index in [9.17, 15) is 4.79 Å². The van der Waals surface area contributed by atoms with Gasteiger partial charge in [0.2, 0.25) is 0 Å². The largest absolute Gasteiger partial charge is 0.328 e. The van der Waals surface area contributed by atoms with Crippen LogP contribution in [0.25, 0.3) is 0 Å². The monoisotopic (exact) mass is 241 g/mol. The molecule has 1 rings (SSSR count). The number of carbonyl (C=O) groups is 1. The van der Waals surface area contributed by atoms with E-state index >= 15 is 0 Å². The fourth-order valence-electron chi connectivity index (χ4n) is 2.23. The van der Waals surface area contributed by atoms with Crippen molar-refractivity contribution in [1.29, 1.82) is 0 Å². The highest BCUT2D eigenvalue weighted by atomic mass is 16.2. The van der Waals surface area contributed by atoms with E-state index in [4.69, 9.17) is 0 Å². The molecule has 1 N–H and O–H groups in total. The molecule has 0 aliphatic carbocycles. The molecule has 0 bridgehead atoms. The highest BCUT2D eigenvalue weighted by molar-refractivity contribution is 5.74. The lowest BCUT2D eigenvalue weighted by Crippen LogP contribution is -2.47. The van der Waals surface area contributed by atoms with Crippen LogP contribution in [0.15, 0.2) is 0 Å². The van der Waals surface area contributed by atoms with Crippen LogP contribution in [0.1, 0.15) is 33.6 Å². The molecular formula is C13H27N3O. The van der Waals surface area contributed by atoms with Crippen molar-refractivity contribution in [3.05, 3.63) is 0 Å². The van der Waals surface area contributed by atoms with Crippen molar-refractivity contribution in [2.75, 3.05) is 33.2 Å². The van der Waals surface area contributed by atoms with Gasteiger partial charge in [-0.25, -0.2) is 4.79 Å². The summed E-state index contributed by atoms with van der Waals surface area (Å²) < 4.78 is 0. The first-order chi connectivity index (χ1) is 8.04. The first kappa shape index (κ1) is 14.3. The Labute approximate surface area is 105 Å². The van der Waals surface area contributed by atoms with Gasteiger partial charge in [-0.15, -0.1) is 0 Å². The zero-order valence-electron chi connectivity index (χ0n) is 11.7. The molecule has 0 radical (unpaired) electrons. The van der Waals surface area contributed by atoms with Gasteiger partial charge >= 0.3 is 6.03 Å². The fourth-order valence-corrected chi connectivity index (χ4v) is 2.23. The smallest absolute Gasteiger partial charge is 0.319 e. The highest BCUT2D eigenvalue weighted by Crippen LogP contribution is 2.10. The van der Waals surface area contributed by atoms with Crippen molar-refractivity contribution in [2.45, 2.75) is 39.7 Å². The second kappa shape index (κ2) is 6.84. The number of hydrogen-bond acceptors (Lipinski definition) is 2. The second-order valence-electron chi connectivity index (χ2n) is 5.39. The van der Waals surface area contributed by atoms with Gasteiger partial charge in [0.05, 0.1) is 0 Å². The number of urea groups is 1. The van der Waals surface area contributed by atoms with Crippen molar-refractivity contribution in [3.63, 3.8) is 0 Å². The molecule has 1 aliphatic heterocycles. The molecule has 17 heavy (non-hydrogen) atoms. The minimum atomic E-state index is 0.162. The van der Waals surface area contributed by atoms with Crippen molar-refractivity contribution in [1.82, 2.24) is 15.1 Å². The number of carbonyl (C=O) groups excluding carboxylic acids is 1. The molecule has 0 saturated carbocycles. The highest BCUT2D eigenvalue weighted by Gasteiger charge is 2.23. The van der Waals surface area contributed by atoms with Crippen molar-refractivity contribution >= 4 is 6.03 Å². The first-order valence-corrected chi connectivity index (χ1v) is 6.78. The Morgan fingerprint density at radius 2 is 2.18 bits per heavy atom. The van der Waals surface area contributed by atoms with Crippen molar-refractivity contribution < 1.29 is 4.79 Å². The Morgan fingerprint density at radius 1 is 1.47 bits per heavy atom. The molecule has 1 saturated heterocycles. The molecule has 4 nitrogen and oxygen atoms in total. The number of nitrogens with one attached hydrogen (secondary N) is 1. The maximum Gasteiger partial charge on any atom is 0.319 e. The normalized spacial score (nSPS) is 19.7. The van der Waals surface area contributed by atoms with Gasteiger partial charge in [0.25, 0.3) is 0 Å². The van der Waals surface area contributed by atoms with Crippen LogP contribution < -0.4 is 5.32 Å². The van der Waals surface area contributed by atoms with Crippen LogP contribution in [-0.4, -0.2) is 55.1 Å². The first-order valence-electron chi connectivity index (χ1n) is 6.78. The molecule has 2 amide bonds. The lowest BCUT2D eigenvalue weighted by atomic mass is 10.1. The third-order valence-corrected chi connectivity index (χ3v) is 3.26. The molecule has 0 aromatic heterocycles. The van der Waals surface area contributed by atoms with E-state index in [1.54, 1.807) is 4.90 Å². The molecular weight excluding hydrogens is 214 g/mol. The number of rotatable bonds is 5. The van der Waals surface area contributed by atoms with E-state index in [2.05, 4.69) is 19.2 Å². The van der Waals surface area contributed by atoms with Crippen LogP contribution in [0.5, 0.6) is 0 Å². The van der Waals surface area contributed by atoms with Crippen LogP contribution in [0.4, 0.5) is 4.79 Å².